The largest absolute Gasteiger partial charge is 0.392 e. The van der Waals surface area contributed by atoms with Gasteiger partial charge in [-0.2, -0.15) is 0 Å². The average molecular weight is 257 g/mol. The molecular weight excluding hydrogens is 222 g/mol. The van der Waals surface area contributed by atoms with Gasteiger partial charge in [0.1, 0.15) is 0 Å². The molecule has 1 unspecified atom stereocenters. The van der Waals surface area contributed by atoms with Crippen molar-refractivity contribution in [2.24, 2.45) is 0 Å². The molecule has 0 saturated heterocycles. The first-order valence-electron chi connectivity index (χ1n) is 8.12. The van der Waals surface area contributed by atoms with Crippen LogP contribution in [0.5, 0.6) is 0 Å². The zero-order valence-electron chi connectivity index (χ0n) is 12.9. The van der Waals surface area contributed by atoms with Crippen molar-refractivity contribution in [1.82, 2.24) is 5.32 Å². The van der Waals surface area contributed by atoms with Gasteiger partial charge < -0.3 is 10.4 Å². The van der Waals surface area contributed by atoms with Crippen LogP contribution in [0.4, 0.5) is 0 Å². The molecule has 18 heavy (non-hydrogen) atoms. The molecule has 0 aliphatic carbocycles. The summed E-state index contributed by atoms with van der Waals surface area (Å²) in [5.74, 6) is 0. The Bertz CT molecular complexity index is 147. The van der Waals surface area contributed by atoms with Gasteiger partial charge in [-0.05, 0) is 19.8 Å². The molecule has 2 heteroatoms. The molecule has 0 bridgehead atoms. The summed E-state index contributed by atoms with van der Waals surface area (Å²) in [4.78, 5) is 0. The molecule has 2 N–H and O–H groups in total. The topological polar surface area (TPSA) is 32.3 Å². The van der Waals surface area contributed by atoms with E-state index in [0.717, 1.165) is 6.54 Å². The third-order valence-corrected chi connectivity index (χ3v) is 3.51. The minimum Gasteiger partial charge on any atom is -0.392 e. The Hall–Kier alpha value is -0.0800. The first-order chi connectivity index (χ1) is 8.70. The lowest BCUT2D eigenvalue weighted by Gasteiger charge is -2.19. The zero-order chi connectivity index (χ0) is 13.6. The van der Waals surface area contributed by atoms with Gasteiger partial charge in [0, 0.05) is 12.6 Å². The minimum atomic E-state index is -0.223. The Morgan fingerprint density at radius 2 is 1.33 bits per heavy atom. The molecule has 2 nitrogen and oxygen atoms in total. The van der Waals surface area contributed by atoms with Crippen LogP contribution in [-0.2, 0) is 0 Å². The van der Waals surface area contributed by atoms with Crippen molar-refractivity contribution in [2.45, 2.75) is 97.1 Å². The second-order valence-electron chi connectivity index (χ2n) is 5.65. The predicted octanol–water partition coefficient (Wildman–Crippen LogP) is 4.27. The van der Waals surface area contributed by atoms with Crippen LogP contribution in [0.15, 0.2) is 0 Å². The maximum absolute atomic E-state index is 9.36. The number of hydrogen-bond acceptors (Lipinski definition) is 2. The molecule has 0 aromatic heterocycles. The van der Waals surface area contributed by atoms with E-state index in [0.29, 0.717) is 6.04 Å². The second kappa shape index (κ2) is 13.4. The molecule has 0 aromatic carbocycles. The Morgan fingerprint density at radius 1 is 0.833 bits per heavy atom. The number of nitrogens with one attached hydrogen (secondary N) is 1. The van der Waals surface area contributed by atoms with E-state index in [-0.39, 0.29) is 6.10 Å². The van der Waals surface area contributed by atoms with E-state index < -0.39 is 0 Å². The lowest BCUT2D eigenvalue weighted by atomic mass is 10.0. The lowest BCUT2D eigenvalue weighted by Crippen LogP contribution is -2.34. The zero-order valence-corrected chi connectivity index (χ0v) is 12.9. The van der Waals surface area contributed by atoms with Crippen LogP contribution in [0, 0.1) is 0 Å². The summed E-state index contributed by atoms with van der Waals surface area (Å²) in [6.45, 7) is 7.12. The number of unbranched alkanes of at least 4 members (excludes halogenated alkanes) is 6. The van der Waals surface area contributed by atoms with Crippen molar-refractivity contribution in [3.8, 4) is 0 Å². The van der Waals surface area contributed by atoms with E-state index in [1.165, 1.54) is 64.2 Å². The van der Waals surface area contributed by atoms with Crippen molar-refractivity contribution in [2.75, 3.05) is 6.54 Å². The summed E-state index contributed by atoms with van der Waals surface area (Å²) >= 11 is 0. The summed E-state index contributed by atoms with van der Waals surface area (Å²) in [6, 6.07) is 0.619. The van der Waals surface area contributed by atoms with Crippen molar-refractivity contribution >= 4 is 0 Å². The van der Waals surface area contributed by atoms with Gasteiger partial charge in [0.15, 0.2) is 0 Å². The van der Waals surface area contributed by atoms with Crippen LogP contribution in [0.2, 0.25) is 0 Å². The summed E-state index contributed by atoms with van der Waals surface area (Å²) in [5.41, 5.74) is 0. The average Bonchev–Trinajstić information content (AvgIpc) is 2.35. The molecule has 0 heterocycles. The summed E-state index contributed by atoms with van der Waals surface area (Å²) < 4.78 is 0. The quantitative estimate of drug-likeness (QED) is 0.483. The molecule has 0 radical (unpaired) electrons. The molecule has 0 fully saturated rings. The molecule has 0 amide bonds. The fraction of sp³-hybridized carbons (Fsp3) is 1.00. The van der Waals surface area contributed by atoms with Crippen molar-refractivity contribution in [3.05, 3.63) is 0 Å². The minimum absolute atomic E-state index is 0.223. The highest BCUT2D eigenvalue weighted by Crippen LogP contribution is 2.12. The first-order valence-corrected chi connectivity index (χ1v) is 8.12. The summed E-state index contributed by atoms with van der Waals surface area (Å²) in [5, 5.41) is 12.9. The van der Waals surface area contributed by atoms with Crippen LogP contribution in [-0.4, -0.2) is 23.8 Å². The maximum Gasteiger partial charge on any atom is 0.0636 e. The molecule has 1 atom stereocenters. The van der Waals surface area contributed by atoms with E-state index in [1.807, 2.05) is 6.92 Å². The van der Waals surface area contributed by atoms with Crippen LogP contribution in [0.3, 0.4) is 0 Å². The smallest absolute Gasteiger partial charge is 0.0636 e. The third kappa shape index (κ3) is 12.4. The van der Waals surface area contributed by atoms with E-state index >= 15 is 0 Å². The van der Waals surface area contributed by atoms with Gasteiger partial charge in [0.25, 0.3) is 0 Å². The van der Waals surface area contributed by atoms with Crippen LogP contribution >= 0.6 is 0 Å². The van der Waals surface area contributed by atoms with E-state index in [9.17, 15) is 5.11 Å². The van der Waals surface area contributed by atoms with Crippen LogP contribution in [0.1, 0.15) is 85.0 Å². The number of aliphatic hydroxyl groups excluding tert-OH is 1. The summed E-state index contributed by atoms with van der Waals surface area (Å²) in [7, 11) is 0. The molecule has 0 spiro atoms. The fourth-order valence-electron chi connectivity index (χ4n) is 2.32. The van der Waals surface area contributed by atoms with Gasteiger partial charge in [0.05, 0.1) is 6.10 Å². The Labute approximate surface area is 115 Å². The molecule has 0 rings (SSSR count). The van der Waals surface area contributed by atoms with Gasteiger partial charge in [-0.15, -0.1) is 0 Å². The van der Waals surface area contributed by atoms with Gasteiger partial charge in [-0.1, -0.05) is 65.2 Å². The van der Waals surface area contributed by atoms with Gasteiger partial charge in [0.2, 0.25) is 0 Å². The van der Waals surface area contributed by atoms with Crippen molar-refractivity contribution in [1.29, 1.82) is 0 Å². The number of hydrogen-bond donors (Lipinski definition) is 2. The van der Waals surface area contributed by atoms with Gasteiger partial charge in [-0.3, -0.25) is 0 Å². The summed E-state index contributed by atoms with van der Waals surface area (Å²) in [6.07, 6.45) is 13.0. The van der Waals surface area contributed by atoms with E-state index in [1.54, 1.807) is 0 Å². The van der Waals surface area contributed by atoms with Gasteiger partial charge in [-0.25, -0.2) is 0 Å². The third-order valence-electron chi connectivity index (χ3n) is 3.51. The monoisotopic (exact) mass is 257 g/mol. The molecule has 0 aliphatic rings. The second-order valence-corrected chi connectivity index (χ2v) is 5.65. The van der Waals surface area contributed by atoms with E-state index in [4.69, 9.17) is 0 Å². The SMILES string of the molecule is CCCCCCC(CCCCCC)NCC(C)O. The first kappa shape index (κ1) is 17.9. The molecule has 110 valence electrons. The van der Waals surface area contributed by atoms with E-state index in [2.05, 4.69) is 19.2 Å². The number of aliphatic hydroxyl groups is 1. The maximum atomic E-state index is 9.36. The number of rotatable bonds is 13. The highest BCUT2D eigenvalue weighted by Gasteiger charge is 2.08. The lowest BCUT2D eigenvalue weighted by molar-refractivity contribution is 0.183. The molecular formula is C16H35NO. The molecule has 0 saturated carbocycles. The van der Waals surface area contributed by atoms with Crippen molar-refractivity contribution < 1.29 is 5.11 Å². The predicted molar refractivity (Wildman–Crippen MR) is 81.0 cm³/mol. The standard InChI is InChI=1S/C16H35NO/c1-4-6-8-10-12-16(17-14-15(3)18)13-11-9-7-5-2/h15-18H,4-14H2,1-3H3. The fourth-order valence-corrected chi connectivity index (χ4v) is 2.32. The highest BCUT2D eigenvalue weighted by atomic mass is 16.3. The van der Waals surface area contributed by atoms with Crippen molar-refractivity contribution in [3.63, 3.8) is 0 Å². The Balaban J connectivity index is 3.69. The molecule has 0 aliphatic heterocycles. The Morgan fingerprint density at radius 3 is 1.72 bits per heavy atom. The van der Waals surface area contributed by atoms with Crippen LogP contribution < -0.4 is 5.32 Å². The Kier molecular flexibility index (Phi) is 13.3. The highest BCUT2D eigenvalue weighted by molar-refractivity contribution is 4.68. The normalized spacial score (nSPS) is 13.2. The van der Waals surface area contributed by atoms with Gasteiger partial charge >= 0.3 is 0 Å². The molecule has 0 aromatic rings. The van der Waals surface area contributed by atoms with Crippen LogP contribution in [0.25, 0.3) is 0 Å².